The molecule has 0 aliphatic heterocycles. The number of carbonyl (C=O) groups excluding carboxylic acids is 2. The van der Waals surface area contributed by atoms with Gasteiger partial charge in [-0.05, 0) is 30.7 Å². The van der Waals surface area contributed by atoms with Crippen molar-refractivity contribution in [1.82, 2.24) is 9.78 Å². The van der Waals surface area contributed by atoms with Gasteiger partial charge in [-0.2, -0.15) is 5.10 Å². The fourth-order valence-electron chi connectivity index (χ4n) is 2.47. The second-order valence-corrected chi connectivity index (χ2v) is 6.48. The minimum absolute atomic E-state index is 0.117. The van der Waals surface area contributed by atoms with Crippen LogP contribution in [0.4, 0.5) is 14.9 Å². The van der Waals surface area contributed by atoms with Crippen LogP contribution in [0.5, 0.6) is 0 Å². The Bertz CT molecular complexity index is 1030. The van der Waals surface area contributed by atoms with Crippen molar-refractivity contribution in [2.24, 2.45) is 0 Å². The fraction of sp³-hybridized carbons (Fsp3) is 0.211. The highest BCUT2D eigenvalue weighted by molar-refractivity contribution is 6.32. The number of Topliss-reactive ketones (excluding diaryl/α,β-unsaturated/α-hetero) is 1. The Morgan fingerprint density at radius 3 is 2.82 bits per heavy atom. The number of hydrogen-bond acceptors (Lipinski definition) is 5. The summed E-state index contributed by atoms with van der Waals surface area (Å²) in [5.41, 5.74) is 1.19. The first kappa shape index (κ1) is 19.6. The minimum atomic E-state index is -0.770. The van der Waals surface area contributed by atoms with Gasteiger partial charge in [0.05, 0.1) is 23.5 Å². The minimum Gasteiger partial charge on any atom is -0.456 e. The average Bonchev–Trinajstić information content (AvgIpc) is 3.28. The topological polar surface area (TPSA) is 86.4 Å². The van der Waals surface area contributed by atoms with Gasteiger partial charge >= 0.3 is 6.09 Å². The second-order valence-electron chi connectivity index (χ2n) is 6.11. The number of hydrogen-bond donors (Lipinski definition) is 1. The lowest BCUT2D eigenvalue weighted by atomic mass is 10.1. The smallest absolute Gasteiger partial charge is 0.412 e. The highest BCUT2D eigenvalue weighted by atomic mass is 35.5. The number of benzene rings is 1. The van der Waals surface area contributed by atoms with Gasteiger partial charge in [-0.3, -0.25) is 14.8 Å². The number of furan rings is 1. The highest BCUT2D eigenvalue weighted by Crippen LogP contribution is 2.24. The molecular weight excluding hydrogens is 389 g/mol. The number of amides is 1. The molecule has 0 saturated carbocycles. The van der Waals surface area contributed by atoms with Crippen molar-refractivity contribution in [2.75, 3.05) is 5.32 Å². The van der Waals surface area contributed by atoms with E-state index in [9.17, 15) is 14.0 Å². The zero-order valence-corrected chi connectivity index (χ0v) is 15.9. The lowest BCUT2D eigenvalue weighted by Gasteiger charge is -2.09. The van der Waals surface area contributed by atoms with Crippen LogP contribution in [0.15, 0.2) is 41.1 Å². The Hall–Kier alpha value is -3.13. The average molecular weight is 406 g/mol. The van der Waals surface area contributed by atoms with Crippen molar-refractivity contribution in [1.29, 1.82) is 0 Å². The molecule has 7 nitrogen and oxygen atoms in total. The molecule has 3 aromatic rings. The summed E-state index contributed by atoms with van der Waals surface area (Å²) < 4.78 is 25.8. The summed E-state index contributed by atoms with van der Waals surface area (Å²) in [7, 11) is 0. The monoisotopic (exact) mass is 405 g/mol. The Morgan fingerprint density at radius 1 is 1.32 bits per heavy atom. The molecule has 146 valence electrons. The summed E-state index contributed by atoms with van der Waals surface area (Å²) in [4.78, 5) is 23.2. The van der Waals surface area contributed by atoms with E-state index < -0.39 is 11.9 Å². The van der Waals surface area contributed by atoms with Crippen molar-refractivity contribution in [3.05, 3.63) is 70.1 Å². The van der Waals surface area contributed by atoms with Gasteiger partial charge in [0.25, 0.3) is 0 Å². The molecule has 1 amide bonds. The maximum Gasteiger partial charge on any atom is 0.412 e. The van der Waals surface area contributed by atoms with E-state index in [1.807, 2.05) is 0 Å². The van der Waals surface area contributed by atoms with Crippen LogP contribution < -0.4 is 5.32 Å². The molecule has 0 fully saturated rings. The Kier molecular flexibility index (Phi) is 5.79. The van der Waals surface area contributed by atoms with Gasteiger partial charge < -0.3 is 9.15 Å². The van der Waals surface area contributed by atoms with Gasteiger partial charge in [0.2, 0.25) is 0 Å². The summed E-state index contributed by atoms with van der Waals surface area (Å²) in [5, 5.41) is 6.82. The Balaban J connectivity index is 1.56. The molecule has 2 heterocycles. The van der Waals surface area contributed by atoms with Crippen LogP contribution in [-0.4, -0.2) is 21.7 Å². The Labute approximate surface area is 165 Å². The SMILES string of the molecule is CC(=O)c1ccc(Cn2cc(NC(=O)OCc3c(F)ccc(C)c3Cl)cn2)o1. The first-order chi connectivity index (χ1) is 13.3. The van der Waals surface area contributed by atoms with Crippen LogP contribution in [-0.2, 0) is 17.9 Å². The molecule has 0 spiro atoms. The summed E-state index contributed by atoms with van der Waals surface area (Å²) in [5.74, 6) is 0.111. The molecule has 0 aliphatic carbocycles. The largest absolute Gasteiger partial charge is 0.456 e. The van der Waals surface area contributed by atoms with E-state index in [0.29, 0.717) is 17.0 Å². The third-order valence-electron chi connectivity index (χ3n) is 3.93. The second kappa shape index (κ2) is 8.26. The van der Waals surface area contributed by atoms with E-state index >= 15 is 0 Å². The van der Waals surface area contributed by atoms with E-state index in [4.69, 9.17) is 20.8 Å². The molecule has 0 saturated heterocycles. The number of aromatic nitrogens is 2. The van der Waals surface area contributed by atoms with Gasteiger partial charge in [-0.25, -0.2) is 9.18 Å². The number of ketones is 1. The van der Waals surface area contributed by atoms with Gasteiger partial charge in [0, 0.05) is 18.7 Å². The lowest BCUT2D eigenvalue weighted by Crippen LogP contribution is -2.14. The van der Waals surface area contributed by atoms with Crippen molar-refractivity contribution in [3.63, 3.8) is 0 Å². The number of halogens is 2. The number of aryl methyl sites for hydroxylation is 1. The quantitative estimate of drug-likeness (QED) is 0.607. The van der Waals surface area contributed by atoms with Crippen LogP contribution in [0.2, 0.25) is 5.02 Å². The van der Waals surface area contributed by atoms with E-state index in [-0.39, 0.29) is 35.3 Å². The molecule has 1 N–H and O–H groups in total. The molecular formula is C19H17ClFN3O4. The van der Waals surface area contributed by atoms with Crippen molar-refractivity contribution in [2.45, 2.75) is 27.0 Å². The maximum absolute atomic E-state index is 13.8. The number of anilines is 1. The summed E-state index contributed by atoms with van der Waals surface area (Å²) in [6.07, 6.45) is 2.22. The molecule has 28 heavy (non-hydrogen) atoms. The molecule has 0 radical (unpaired) electrons. The number of nitrogens with zero attached hydrogens (tertiary/aromatic N) is 2. The fourth-order valence-corrected chi connectivity index (χ4v) is 2.67. The number of carbonyl (C=O) groups is 2. The van der Waals surface area contributed by atoms with Crippen molar-refractivity contribution >= 4 is 29.2 Å². The molecule has 9 heteroatoms. The normalized spacial score (nSPS) is 10.7. The van der Waals surface area contributed by atoms with E-state index in [1.54, 1.807) is 31.3 Å². The van der Waals surface area contributed by atoms with Crippen molar-refractivity contribution in [3.8, 4) is 0 Å². The van der Waals surface area contributed by atoms with Crippen LogP contribution in [0.25, 0.3) is 0 Å². The molecule has 3 rings (SSSR count). The molecule has 0 aliphatic rings. The van der Waals surface area contributed by atoms with E-state index in [2.05, 4.69) is 10.4 Å². The first-order valence-electron chi connectivity index (χ1n) is 8.33. The zero-order chi connectivity index (χ0) is 20.3. The predicted molar refractivity (Wildman–Crippen MR) is 100.0 cm³/mol. The maximum atomic E-state index is 13.8. The number of nitrogens with one attached hydrogen (secondary N) is 1. The summed E-state index contributed by atoms with van der Waals surface area (Å²) in [6.45, 7) is 3.14. The lowest BCUT2D eigenvalue weighted by molar-refractivity contribution is 0.0985. The zero-order valence-electron chi connectivity index (χ0n) is 15.2. The van der Waals surface area contributed by atoms with Crippen molar-refractivity contribution < 1.29 is 23.1 Å². The van der Waals surface area contributed by atoms with E-state index in [0.717, 1.165) is 0 Å². The predicted octanol–water partition coefficient (Wildman–Crippen LogP) is 4.58. The standard InChI is InChI=1S/C19H17ClFN3O4/c1-11-3-5-16(21)15(18(11)20)10-27-19(26)23-13-7-22-24(8-13)9-14-4-6-17(28-14)12(2)25/h3-8H,9-10H2,1-2H3,(H,23,26). The third-order valence-corrected chi connectivity index (χ3v) is 4.46. The van der Waals surface area contributed by atoms with Crippen LogP contribution >= 0.6 is 11.6 Å². The third kappa shape index (κ3) is 4.58. The molecule has 0 unspecified atom stereocenters. The molecule has 0 atom stereocenters. The van der Waals surface area contributed by atoms with Crippen LogP contribution in [0.3, 0.4) is 0 Å². The van der Waals surface area contributed by atoms with E-state index in [1.165, 1.54) is 23.9 Å². The molecule has 1 aromatic carbocycles. The summed E-state index contributed by atoms with van der Waals surface area (Å²) in [6, 6.07) is 6.09. The molecule has 2 aromatic heterocycles. The first-order valence-corrected chi connectivity index (χ1v) is 8.70. The van der Waals surface area contributed by atoms with Gasteiger partial charge in [-0.15, -0.1) is 0 Å². The number of ether oxygens (including phenoxy) is 1. The highest BCUT2D eigenvalue weighted by Gasteiger charge is 2.13. The van der Waals surface area contributed by atoms with Gasteiger partial charge in [0.1, 0.15) is 18.2 Å². The van der Waals surface area contributed by atoms with Gasteiger partial charge in [0.15, 0.2) is 11.5 Å². The Morgan fingerprint density at radius 2 is 2.11 bits per heavy atom. The molecule has 0 bridgehead atoms. The summed E-state index contributed by atoms with van der Waals surface area (Å²) >= 11 is 6.05. The van der Waals surface area contributed by atoms with Crippen LogP contribution in [0, 0.1) is 12.7 Å². The van der Waals surface area contributed by atoms with Gasteiger partial charge in [-0.1, -0.05) is 17.7 Å². The van der Waals surface area contributed by atoms with Crippen LogP contribution in [0.1, 0.15) is 34.4 Å². The number of rotatable bonds is 6.